The third-order valence-electron chi connectivity index (χ3n) is 11.3. The van der Waals surface area contributed by atoms with Crippen LogP contribution in [-0.4, -0.2) is 183 Å². The van der Waals surface area contributed by atoms with Gasteiger partial charge in [-0.15, -0.1) is 0 Å². The maximum atomic E-state index is 13.6. The number of likely N-dealkylation sites (tertiary alicyclic amines) is 1. The van der Waals surface area contributed by atoms with Gasteiger partial charge >= 0.3 is 5.97 Å². The highest BCUT2D eigenvalue weighted by Crippen LogP contribution is 2.18. The Balaban J connectivity index is 1.57. The van der Waals surface area contributed by atoms with Crippen molar-refractivity contribution in [1.29, 1.82) is 0 Å². The fourth-order valence-corrected chi connectivity index (χ4v) is 7.59. The summed E-state index contributed by atoms with van der Waals surface area (Å²) in [6, 6.07) is -7.81. The van der Waals surface area contributed by atoms with E-state index in [0.717, 1.165) is 0 Å². The molecule has 27 nitrogen and oxygen atoms in total. The van der Waals surface area contributed by atoms with Crippen molar-refractivity contribution in [1.82, 2.24) is 62.7 Å². The standard InChI is InChI=1S/C42H70N14O13/c1-22(2)13-29(40(66)51-23(3)36(62)49-20-35(61)56-12-6-8-31(56)41(67)54-27(42(68)69)7-4-5-11-43)53-34(60)19-48-38(64)30(14-24-16-45-21-50-24)55-39(65)26(9-10-32(44)58)52-33(59)18-47-37(63)28-15-25(57)17-46-28/h16,21-23,25-31,33,46,52,57,59H,4-15,17-20,43H2,1-3H3,(H2,44,58)(H,45,50)(H,47,63)(H,48,64)(H,49,62)(H,51,66)(H,53,60)(H,54,67)(H,55,65)(H,68,69)/t23-,25+,26-,27-,28-,29-,30-,31-,33?/m0/s1. The Morgan fingerprint density at radius 1 is 0.841 bits per heavy atom. The second-order valence-electron chi connectivity index (χ2n) is 17.5. The molecule has 1 unspecified atom stereocenters. The first-order chi connectivity index (χ1) is 32.7. The van der Waals surface area contributed by atoms with Gasteiger partial charge in [-0.2, -0.15) is 0 Å². The summed E-state index contributed by atoms with van der Waals surface area (Å²) in [5.74, 6) is -7.80. The topological polar surface area (TPSA) is 424 Å². The smallest absolute Gasteiger partial charge is 0.326 e. The van der Waals surface area contributed by atoms with Gasteiger partial charge in [-0.3, -0.25) is 48.5 Å². The number of amides is 9. The number of carbonyl (C=O) groups is 10. The lowest BCUT2D eigenvalue weighted by Gasteiger charge is -2.26. The van der Waals surface area contributed by atoms with Gasteiger partial charge in [0.2, 0.25) is 53.2 Å². The van der Waals surface area contributed by atoms with Crippen LogP contribution in [0.1, 0.15) is 84.3 Å². The number of primary amides is 1. The van der Waals surface area contributed by atoms with Crippen molar-refractivity contribution in [2.24, 2.45) is 17.4 Å². The number of nitrogens with two attached hydrogens (primary N) is 2. The van der Waals surface area contributed by atoms with E-state index in [0.29, 0.717) is 37.9 Å². The molecule has 3 rings (SSSR count). The number of aliphatic hydroxyl groups is 2. The molecule has 0 bridgehead atoms. The van der Waals surface area contributed by atoms with Gasteiger partial charge in [0.1, 0.15) is 36.4 Å². The molecular weight excluding hydrogens is 909 g/mol. The molecule has 0 spiro atoms. The second-order valence-corrected chi connectivity index (χ2v) is 17.5. The fourth-order valence-electron chi connectivity index (χ4n) is 7.59. The molecule has 69 heavy (non-hydrogen) atoms. The van der Waals surface area contributed by atoms with Crippen molar-refractivity contribution < 1.29 is 63.3 Å². The van der Waals surface area contributed by atoms with Gasteiger partial charge in [0.15, 0.2) is 0 Å². The molecule has 0 saturated carbocycles. The highest BCUT2D eigenvalue weighted by molar-refractivity contribution is 5.96. The molecule has 9 amide bonds. The number of aliphatic hydroxyl groups excluding tert-OH is 2. The number of hydrogen-bond donors (Lipinski definition) is 15. The number of carboxylic acids is 1. The van der Waals surface area contributed by atoms with Crippen LogP contribution in [0.5, 0.6) is 0 Å². The summed E-state index contributed by atoms with van der Waals surface area (Å²) in [6.07, 6.45) is 2.17. The molecule has 2 aliphatic heterocycles. The van der Waals surface area contributed by atoms with Gasteiger partial charge in [0, 0.05) is 37.8 Å². The molecule has 0 radical (unpaired) electrons. The summed E-state index contributed by atoms with van der Waals surface area (Å²) in [7, 11) is 0. The summed E-state index contributed by atoms with van der Waals surface area (Å²) < 4.78 is 0. The van der Waals surface area contributed by atoms with Gasteiger partial charge < -0.3 is 79.2 Å². The average Bonchev–Trinajstić information content (AvgIpc) is 4.10. The number of unbranched alkanes of at least 4 members (excludes halogenated alkanes) is 1. The molecule has 0 aromatic carbocycles. The second kappa shape index (κ2) is 28.9. The lowest BCUT2D eigenvalue weighted by atomic mass is 10.0. The summed E-state index contributed by atoms with van der Waals surface area (Å²) >= 11 is 0. The zero-order valence-corrected chi connectivity index (χ0v) is 39.2. The molecule has 0 aliphatic carbocycles. The lowest BCUT2D eigenvalue weighted by molar-refractivity contribution is -0.144. The third kappa shape index (κ3) is 20.1. The minimum Gasteiger partial charge on any atom is -0.480 e. The molecule has 1 aromatic rings. The SMILES string of the molecule is CC(C)C[C@H](NC(=O)CNC(=O)[C@H](Cc1cnc[nH]1)NC(=O)[C@H](CCC(N)=O)NC(O)CNC(=O)[C@@H]1C[C@@H](O)CN1)C(=O)N[C@@H](C)C(=O)NCC(=O)N1CCC[C@H]1C(=O)N[C@@H](CCCCN)C(=O)O. The normalized spacial score (nSPS) is 19.2. The maximum Gasteiger partial charge on any atom is 0.326 e. The Morgan fingerprint density at radius 3 is 2.17 bits per heavy atom. The summed E-state index contributed by atoms with van der Waals surface area (Å²) in [5.41, 5.74) is 11.2. The van der Waals surface area contributed by atoms with Crippen molar-refractivity contribution in [3.63, 3.8) is 0 Å². The van der Waals surface area contributed by atoms with Gasteiger partial charge in [0.05, 0.1) is 44.1 Å². The van der Waals surface area contributed by atoms with Crippen molar-refractivity contribution in [3.8, 4) is 0 Å². The first kappa shape index (κ1) is 57.0. The quantitative estimate of drug-likeness (QED) is 0.0252. The first-order valence-electron chi connectivity index (χ1n) is 23.1. The van der Waals surface area contributed by atoms with E-state index in [1.165, 1.54) is 24.3 Å². The predicted octanol–water partition coefficient (Wildman–Crippen LogP) is -6.22. The summed E-state index contributed by atoms with van der Waals surface area (Å²) in [4.78, 5) is 137. The van der Waals surface area contributed by atoms with E-state index in [1.807, 2.05) is 0 Å². The van der Waals surface area contributed by atoms with Crippen LogP contribution in [0.25, 0.3) is 0 Å². The number of H-pyrrole nitrogens is 1. The number of hydrogen-bond acceptors (Lipinski definition) is 16. The van der Waals surface area contributed by atoms with Crippen LogP contribution in [0.2, 0.25) is 0 Å². The maximum absolute atomic E-state index is 13.6. The third-order valence-corrected chi connectivity index (χ3v) is 11.3. The monoisotopic (exact) mass is 979 g/mol. The molecule has 2 fully saturated rings. The van der Waals surface area contributed by atoms with Crippen molar-refractivity contribution in [2.45, 2.75) is 140 Å². The van der Waals surface area contributed by atoms with Crippen LogP contribution in [0.15, 0.2) is 12.5 Å². The lowest BCUT2D eigenvalue weighted by Crippen LogP contribution is -2.58. The molecule has 1 aromatic heterocycles. The van der Waals surface area contributed by atoms with Crippen molar-refractivity contribution >= 4 is 59.1 Å². The number of imidazole rings is 1. The number of nitrogens with zero attached hydrogens (tertiary/aromatic N) is 2. The van der Waals surface area contributed by atoms with Gasteiger partial charge in [-0.05, 0) is 70.8 Å². The molecule has 386 valence electrons. The largest absolute Gasteiger partial charge is 0.480 e. The zero-order chi connectivity index (χ0) is 51.2. The van der Waals surface area contributed by atoms with Crippen LogP contribution in [0.3, 0.4) is 0 Å². The number of nitrogens with one attached hydrogen (secondary N) is 10. The summed E-state index contributed by atoms with van der Waals surface area (Å²) in [6.45, 7) is 4.19. The number of carboxylic acid groups (broad SMARTS) is 1. The van der Waals surface area contributed by atoms with Gasteiger partial charge in [-0.25, -0.2) is 9.78 Å². The molecule has 3 heterocycles. The van der Waals surface area contributed by atoms with E-state index >= 15 is 0 Å². The first-order valence-corrected chi connectivity index (χ1v) is 23.1. The zero-order valence-electron chi connectivity index (χ0n) is 39.2. The highest BCUT2D eigenvalue weighted by Gasteiger charge is 2.37. The van der Waals surface area contributed by atoms with E-state index in [9.17, 15) is 63.3 Å². The van der Waals surface area contributed by atoms with Crippen LogP contribution >= 0.6 is 0 Å². The number of carbonyl (C=O) groups excluding carboxylic acids is 9. The molecule has 2 aliphatic rings. The van der Waals surface area contributed by atoms with E-state index in [2.05, 4.69) is 57.8 Å². The Morgan fingerprint density at radius 2 is 1.55 bits per heavy atom. The van der Waals surface area contributed by atoms with Gasteiger partial charge in [-0.1, -0.05) is 13.8 Å². The van der Waals surface area contributed by atoms with Crippen molar-refractivity contribution in [3.05, 3.63) is 18.2 Å². The van der Waals surface area contributed by atoms with Crippen LogP contribution in [0.4, 0.5) is 0 Å². The van der Waals surface area contributed by atoms with Crippen LogP contribution in [0, 0.1) is 5.92 Å². The van der Waals surface area contributed by atoms with E-state index in [-0.39, 0.29) is 64.1 Å². The minimum absolute atomic E-state index is 0.112. The Hall–Kier alpha value is -6.29. The van der Waals surface area contributed by atoms with E-state index in [1.54, 1.807) is 13.8 Å². The number of rotatable bonds is 30. The number of aliphatic carboxylic acids is 1. The number of β-amino-alcohol motifs (C(OH)–C–C–N with tert-alkyl or cyclic N) is 1. The van der Waals surface area contributed by atoms with Crippen LogP contribution in [-0.2, 0) is 54.4 Å². The highest BCUT2D eigenvalue weighted by atomic mass is 16.4. The Labute approximate surface area is 398 Å². The number of aromatic amines is 1. The Kier molecular flexibility index (Phi) is 23.9. The molecular formula is C42H70N14O13. The molecule has 2 saturated heterocycles. The molecule has 9 atom stereocenters. The summed E-state index contributed by atoms with van der Waals surface area (Å²) in [5, 5.41) is 52.8. The number of aromatic nitrogens is 2. The van der Waals surface area contributed by atoms with Crippen molar-refractivity contribution in [2.75, 3.05) is 39.3 Å². The van der Waals surface area contributed by atoms with Gasteiger partial charge in [0.25, 0.3) is 0 Å². The van der Waals surface area contributed by atoms with Crippen LogP contribution < -0.4 is 59.3 Å². The predicted molar refractivity (Wildman–Crippen MR) is 243 cm³/mol. The Bertz CT molecular complexity index is 1920. The minimum atomic E-state index is -1.50. The van der Waals surface area contributed by atoms with E-state index < -0.39 is 127 Å². The fraction of sp³-hybridized carbons (Fsp3) is 0.690. The molecule has 27 heteroatoms. The average molecular weight is 979 g/mol. The van der Waals surface area contributed by atoms with E-state index in [4.69, 9.17) is 11.5 Å². The molecule has 17 N–H and O–H groups in total.